The van der Waals surface area contributed by atoms with Crippen molar-refractivity contribution in [1.82, 2.24) is 9.55 Å². The Labute approximate surface area is 120 Å². The second kappa shape index (κ2) is 5.02. The first kappa shape index (κ1) is 12.7. The molecule has 3 rings (SSSR count). The molecular weight excluding hydrogens is 273 g/mol. The molecule has 0 fully saturated rings. The predicted octanol–water partition coefficient (Wildman–Crippen LogP) is 3.13. The molecule has 2 aromatic carbocycles. The molecule has 0 saturated carbocycles. The zero-order valence-electron chi connectivity index (χ0n) is 10.6. The van der Waals surface area contributed by atoms with E-state index in [1.54, 1.807) is 12.1 Å². The zero-order chi connectivity index (χ0) is 14.1. The van der Waals surface area contributed by atoms with E-state index in [0.717, 1.165) is 22.4 Å². The molecule has 0 bridgehead atoms. The van der Waals surface area contributed by atoms with E-state index in [9.17, 15) is 4.39 Å². The third kappa shape index (κ3) is 2.28. The number of para-hydroxylation sites is 2. The van der Waals surface area contributed by atoms with E-state index in [-0.39, 0.29) is 5.82 Å². The summed E-state index contributed by atoms with van der Waals surface area (Å²) in [6.07, 6.45) is 0. The Kier molecular flexibility index (Phi) is 3.20. The number of fused-ring (bicyclic) bond motifs is 1. The Hall–Kier alpha value is -2.27. The fourth-order valence-electron chi connectivity index (χ4n) is 2.21. The van der Waals surface area contributed by atoms with Crippen molar-refractivity contribution < 1.29 is 4.39 Å². The van der Waals surface area contributed by atoms with E-state index in [1.807, 2.05) is 28.8 Å². The monoisotopic (exact) mass is 285 g/mol. The molecule has 0 aliphatic rings. The van der Waals surface area contributed by atoms with Crippen LogP contribution in [0.1, 0.15) is 0 Å². The summed E-state index contributed by atoms with van der Waals surface area (Å²) in [5.74, 6) is 0.463. The van der Waals surface area contributed by atoms with Crippen LogP contribution in [0.2, 0.25) is 0 Å². The van der Waals surface area contributed by atoms with Crippen molar-refractivity contribution in [1.29, 1.82) is 0 Å². The lowest BCUT2D eigenvalue weighted by Gasteiger charge is -2.08. The SMILES string of the molecule is NC(=S)Cn1c(-c2ccc(F)cc2)nc2ccccc21. The largest absolute Gasteiger partial charge is 0.392 e. The second-order valence-electron chi connectivity index (χ2n) is 4.48. The summed E-state index contributed by atoms with van der Waals surface area (Å²) in [6, 6.07) is 14.0. The molecule has 0 saturated heterocycles. The van der Waals surface area contributed by atoms with Crippen LogP contribution in [0.5, 0.6) is 0 Å². The predicted molar refractivity (Wildman–Crippen MR) is 81.9 cm³/mol. The van der Waals surface area contributed by atoms with E-state index >= 15 is 0 Å². The van der Waals surface area contributed by atoms with Crippen LogP contribution in [0.25, 0.3) is 22.4 Å². The van der Waals surface area contributed by atoms with Crippen molar-refractivity contribution >= 4 is 28.2 Å². The highest BCUT2D eigenvalue weighted by Gasteiger charge is 2.12. The number of hydrogen-bond acceptors (Lipinski definition) is 2. The molecule has 1 heterocycles. The number of benzene rings is 2. The molecular formula is C15H12FN3S. The topological polar surface area (TPSA) is 43.8 Å². The number of nitrogens with two attached hydrogens (primary N) is 1. The summed E-state index contributed by atoms with van der Waals surface area (Å²) in [5.41, 5.74) is 8.32. The Morgan fingerprint density at radius 1 is 1.15 bits per heavy atom. The van der Waals surface area contributed by atoms with Gasteiger partial charge >= 0.3 is 0 Å². The number of hydrogen-bond donors (Lipinski definition) is 1. The van der Waals surface area contributed by atoms with Gasteiger partial charge in [-0.25, -0.2) is 9.37 Å². The second-order valence-corrected chi connectivity index (χ2v) is 5.01. The van der Waals surface area contributed by atoms with E-state index in [0.29, 0.717) is 11.5 Å². The highest BCUT2D eigenvalue weighted by molar-refractivity contribution is 7.80. The number of thiocarbonyl (C=S) groups is 1. The summed E-state index contributed by atoms with van der Waals surface area (Å²) in [7, 11) is 0. The summed E-state index contributed by atoms with van der Waals surface area (Å²) in [4.78, 5) is 4.98. The quantitative estimate of drug-likeness (QED) is 0.752. The van der Waals surface area contributed by atoms with Crippen molar-refractivity contribution in [3.63, 3.8) is 0 Å². The van der Waals surface area contributed by atoms with Crippen LogP contribution in [-0.2, 0) is 6.54 Å². The molecule has 20 heavy (non-hydrogen) atoms. The molecule has 0 atom stereocenters. The zero-order valence-corrected chi connectivity index (χ0v) is 11.4. The van der Waals surface area contributed by atoms with Gasteiger partial charge in [-0.1, -0.05) is 24.4 Å². The lowest BCUT2D eigenvalue weighted by atomic mass is 10.2. The normalized spacial score (nSPS) is 10.8. The molecule has 2 N–H and O–H groups in total. The minimum absolute atomic E-state index is 0.272. The van der Waals surface area contributed by atoms with Crippen LogP contribution in [-0.4, -0.2) is 14.5 Å². The van der Waals surface area contributed by atoms with Gasteiger partial charge < -0.3 is 10.3 Å². The van der Waals surface area contributed by atoms with Gasteiger partial charge in [-0.15, -0.1) is 0 Å². The molecule has 3 aromatic rings. The Morgan fingerprint density at radius 3 is 2.55 bits per heavy atom. The van der Waals surface area contributed by atoms with E-state index < -0.39 is 0 Å². The molecule has 0 unspecified atom stereocenters. The van der Waals surface area contributed by atoms with Crippen molar-refractivity contribution in [2.75, 3.05) is 0 Å². The van der Waals surface area contributed by atoms with Crippen molar-refractivity contribution in [3.8, 4) is 11.4 Å². The molecule has 0 aliphatic carbocycles. The number of imidazole rings is 1. The van der Waals surface area contributed by atoms with Crippen LogP contribution in [0.3, 0.4) is 0 Å². The van der Waals surface area contributed by atoms with Crippen LogP contribution in [0, 0.1) is 5.82 Å². The van der Waals surface area contributed by atoms with Gasteiger partial charge in [-0.3, -0.25) is 0 Å². The van der Waals surface area contributed by atoms with E-state index in [2.05, 4.69) is 4.98 Å². The number of nitrogens with zero attached hydrogens (tertiary/aromatic N) is 2. The van der Waals surface area contributed by atoms with Crippen LogP contribution >= 0.6 is 12.2 Å². The maximum Gasteiger partial charge on any atom is 0.141 e. The molecule has 0 radical (unpaired) electrons. The first-order chi connectivity index (χ1) is 9.65. The first-order valence-corrected chi connectivity index (χ1v) is 6.55. The Balaban J connectivity index is 2.23. The van der Waals surface area contributed by atoms with Crippen molar-refractivity contribution in [2.45, 2.75) is 6.54 Å². The summed E-state index contributed by atoms with van der Waals surface area (Å²) in [5, 5.41) is 0. The lowest BCUT2D eigenvalue weighted by molar-refractivity contribution is 0.628. The van der Waals surface area contributed by atoms with Crippen LogP contribution in [0.15, 0.2) is 48.5 Å². The van der Waals surface area contributed by atoms with Gasteiger partial charge in [-0.2, -0.15) is 0 Å². The standard InChI is InChI=1S/C15H12FN3S/c16-11-7-5-10(6-8-11)15-18-12-3-1-2-4-13(12)19(15)9-14(17)20/h1-8H,9H2,(H2,17,20). The Bertz CT molecular complexity index is 777. The number of rotatable bonds is 3. The highest BCUT2D eigenvalue weighted by atomic mass is 32.1. The average Bonchev–Trinajstić information content (AvgIpc) is 2.78. The van der Waals surface area contributed by atoms with Gasteiger partial charge in [0.2, 0.25) is 0 Å². The van der Waals surface area contributed by atoms with Crippen LogP contribution in [0.4, 0.5) is 4.39 Å². The first-order valence-electron chi connectivity index (χ1n) is 6.14. The van der Waals surface area contributed by atoms with Crippen molar-refractivity contribution in [2.24, 2.45) is 5.73 Å². The molecule has 0 amide bonds. The maximum atomic E-state index is 13.0. The smallest absolute Gasteiger partial charge is 0.141 e. The minimum Gasteiger partial charge on any atom is -0.392 e. The van der Waals surface area contributed by atoms with Crippen molar-refractivity contribution in [3.05, 3.63) is 54.3 Å². The summed E-state index contributed by atoms with van der Waals surface area (Å²) in [6.45, 7) is 0.405. The number of aromatic nitrogens is 2. The maximum absolute atomic E-state index is 13.0. The Morgan fingerprint density at radius 2 is 1.85 bits per heavy atom. The average molecular weight is 285 g/mol. The summed E-state index contributed by atoms with van der Waals surface area (Å²) >= 11 is 5.01. The molecule has 100 valence electrons. The summed E-state index contributed by atoms with van der Waals surface area (Å²) < 4.78 is 15.0. The fourth-order valence-corrected chi connectivity index (χ4v) is 2.34. The van der Waals surface area contributed by atoms with E-state index in [1.165, 1.54) is 12.1 Å². The third-order valence-electron chi connectivity index (χ3n) is 3.07. The lowest BCUT2D eigenvalue weighted by Crippen LogP contribution is -2.17. The van der Waals surface area contributed by atoms with Gasteiger partial charge in [-0.05, 0) is 36.4 Å². The third-order valence-corrected chi connectivity index (χ3v) is 3.20. The molecule has 1 aromatic heterocycles. The van der Waals surface area contributed by atoms with Gasteiger partial charge in [0.05, 0.1) is 22.6 Å². The fraction of sp³-hybridized carbons (Fsp3) is 0.0667. The molecule has 0 spiro atoms. The molecule has 5 heteroatoms. The van der Waals surface area contributed by atoms with Gasteiger partial charge in [0.15, 0.2) is 0 Å². The van der Waals surface area contributed by atoms with Crippen LogP contribution < -0.4 is 5.73 Å². The number of halogens is 1. The molecule has 3 nitrogen and oxygen atoms in total. The van der Waals surface area contributed by atoms with E-state index in [4.69, 9.17) is 18.0 Å². The highest BCUT2D eigenvalue weighted by Crippen LogP contribution is 2.24. The van der Waals surface area contributed by atoms with Gasteiger partial charge in [0, 0.05) is 5.56 Å². The molecule has 0 aliphatic heterocycles. The van der Waals surface area contributed by atoms with Gasteiger partial charge in [0.25, 0.3) is 0 Å². The van der Waals surface area contributed by atoms with Gasteiger partial charge in [0.1, 0.15) is 11.6 Å². The minimum atomic E-state index is -0.272.